The molecule has 2 aromatic carbocycles. The minimum Gasteiger partial charge on any atom is -0.338 e. The number of carbonyl (C=O) groups is 2. The number of nitrogens with one attached hydrogen (secondary N) is 1. The minimum absolute atomic E-state index is 0.0389. The van der Waals surface area contributed by atoms with Crippen LogP contribution in [0.15, 0.2) is 48.5 Å². The van der Waals surface area contributed by atoms with Crippen LogP contribution in [0.2, 0.25) is 0 Å². The third kappa shape index (κ3) is 2.68. The Hall–Kier alpha value is -3.15. The van der Waals surface area contributed by atoms with Crippen molar-refractivity contribution in [2.24, 2.45) is 5.92 Å². The molecule has 1 saturated heterocycles. The van der Waals surface area contributed by atoms with Crippen LogP contribution in [-0.4, -0.2) is 40.0 Å². The smallest absolute Gasteiger partial charge is 0.229 e. The average Bonchev–Trinajstić information content (AvgIpc) is 3.30. The highest BCUT2D eigenvalue weighted by Gasteiger charge is 2.39. The summed E-state index contributed by atoms with van der Waals surface area (Å²) in [5.74, 6) is 0.344. The van der Waals surface area contributed by atoms with E-state index in [0.717, 1.165) is 17.3 Å². The predicted octanol–water partition coefficient (Wildman–Crippen LogP) is 2.50. The Bertz CT molecular complexity index is 1040. The van der Waals surface area contributed by atoms with Gasteiger partial charge in [-0.05, 0) is 29.7 Å². The maximum absolute atomic E-state index is 13.1. The summed E-state index contributed by atoms with van der Waals surface area (Å²) in [5, 5.41) is 8.19. The summed E-state index contributed by atoms with van der Waals surface area (Å²) in [6.45, 7) is 1.74. The van der Waals surface area contributed by atoms with Gasteiger partial charge in [-0.25, -0.2) is 0 Å². The van der Waals surface area contributed by atoms with Crippen molar-refractivity contribution >= 4 is 28.5 Å². The second kappa shape index (κ2) is 6.23. The standard InChI is InChI=1S/C21H20N4O2/c26-19-11-16(13-25(19)20-17-7-3-4-8-18(17)22-23-20)21(27)24-10-9-14-5-1-2-6-15(14)12-24/h1-8,16H,9-13H2,(H,22,23)/t16-/m0/s1. The summed E-state index contributed by atoms with van der Waals surface area (Å²) in [6, 6.07) is 16.0. The summed E-state index contributed by atoms with van der Waals surface area (Å²) in [7, 11) is 0. The first-order valence-electron chi connectivity index (χ1n) is 9.30. The van der Waals surface area contributed by atoms with Gasteiger partial charge in [0.1, 0.15) is 0 Å². The van der Waals surface area contributed by atoms with Gasteiger partial charge >= 0.3 is 0 Å². The van der Waals surface area contributed by atoms with E-state index in [0.29, 0.717) is 25.5 Å². The molecule has 1 N–H and O–H groups in total. The highest BCUT2D eigenvalue weighted by Crippen LogP contribution is 2.31. The van der Waals surface area contributed by atoms with E-state index >= 15 is 0 Å². The number of benzene rings is 2. The molecule has 0 saturated carbocycles. The van der Waals surface area contributed by atoms with Gasteiger partial charge < -0.3 is 4.90 Å². The first-order chi connectivity index (χ1) is 13.2. The van der Waals surface area contributed by atoms with Crippen molar-refractivity contribution in [2.45, 2.75) is 19.4 Å². The predicted molar refractivity (Wildman–Crippen MR) is 102 cm³/mol. The fourth-order valence-corrected chi connectivity index (χ4v) is 4.17. The van der Waals surface area contributed by atoms with Crippen molar-refractivity contribution in [3.63, 3.8) is 0 Å². The maximum atomic E-state index is 13.1. The van der Waals surface area contributed by atoms with E-state index in [1.54, 1.807) is 4.90 Å². The Labute approximate surface area is 156 Å². The van der Waals surface area contributed by atoms with Gasteiger partial charge in [-0.2, -0.15) is 5.10 Å². The number of carbonyl (C=O) groups excluding carboxylic acids is 2. The van der Waals surface area contributed by atoms with Crippen molar-refractivity contribution in [3.8, 4) is 0 Å². The third-order valence-electron chi connectivity index (χ3n) is 5.62. The number of aromatic nitrogens is 2. The molecule has 0 spiro atoms. The molecule has 0 unspecified atom stereocenters. The van der Waals surface area contributed by atoms with Crippen molar-refractivity contribution in [3.05, 3.63) is 59.7 Å². The average molecular weight is 360 g/mol. The molecule has 2 amide bonds. The molecular weight excluding hydrogens is 340 g/mol. The largest absolute Gasteiger partial charge is 0.338 e. The van der Waals surface area contributed by atoms with Gasteiger partial charge in [0.15, 0.2) is 5.82 Å². The molecule has 6 heteroatoms. The molecule has 1 aromatic heterocycles. The fraction of sp³-hybridized carbons (Fsp3) is 0.286. The second-order valence-corrected chi connectivity index (χ2v) is 7.28. The first-order valence-corrected chi connectivity index (χ1v) is 9.30. The molecule has 3 aromatic rings. The number of para-hydroxylation sites is 1. The summed E-state index contributed by atoms with van der Waals surface area (Å²) in [5.41, 5.74) is 3.41. The van der Waals surface area contributed by atoms with Crippen LogP contribution < -0.4 is 4.90 Å². The summed E-state index contributed by atoms with van der Waals surface area (Å²) in [6.07, 6.45) is 1.12. The zero-order valence-corrected chi connectivity index (χ0v) is 14.9. The van der Waals surface area contributed by atoms with Crippen LogP contribution in [0, 0.1) is 5.92 Å². The van der Waals surface area contributed by atoms with E-state index in [9.17, 15) is 9.59 Å². The van der Waals surface area contributed by atoms with E-state index in [1.807, 2.05) is 41.3 Å². The Morgan fingerprint density at radius 1 is 1.07 bits per heavy atom. The number of hydrogen-bond acceptors (Lipinski definition) is 3. The number of aromatic amines is 1. The fourth-order valence-electron chi connectivity index (χ4n) is 4.17. The molecule has 0 aliphatic carbocycles. The zero-order valence-electron chi connectivity index (χ0n) is 14.9. The molecule has 2 aliphatic rings. The highest BCUT2D eigenvalue weighted by molar-refractivity contribution is 6.05. The summed E-state index contributed by atoms with van der Waals surface area (Å²) >= 11 is 0. The molecule has 2 aliphatic heterocycles. The molecular formula is C21H20N4O2. The SMILES string of the molecule is O=C([C@H]1CC(=O)N(c2n[nH]c3ccccc23)C1)N1CCc2ccccc2C1. The summed E-state index contributed by atoms with van der Waals surface area (Å²) in [4.78, 5) is 29.2. The van der Waals surface area contributed by atoms with Crippen molar-refractivity contribution in [1.29, 1.82) is 0 Å². The van der Waals surface area contributed by atoms with Gasteiger partial charge in [-0.3, -0.25) is 19.6 Å². The quantitative estimate of drug-likeness (QED) is 0.763. The Balaban J connectivity index is 1.35. The Morgan fingerprint density at radius 3 is 2.74 bits per heavy atom. The van der Waals surface area contributed by atoms with Crippen molar-refractivity contribution in [1.82, 2.24) is 15.1 Å². The van der Waals surface area contributed by atoms with Gasteiger partial charge in [-0.15, -0.1) is 0 Å². The molecule has 136 valence electrons. The Kier molecular flexibility index (Phi) is 3.70. The first kappa shape index (κ1) is 16.1. The van der Waals surface area contributed by atoms with Gasteiger partial charge in [0, 0.05) is 31.4 Å². The lowest BCUT2D eigenvalue weighted by Gasteiger charge is -2.30. The summed E-state index contributed by atoms with van der Waals surface area (Å²) < 4.78 is 0. The highest BCUT2D eigenvalue weighted by atomic mass is 16.2. The van der Waals surface area contributed by atoms with Crippen LogP contribution >= 0.6 is 0 Å². The normalized spacial score (nSPS) is 19.6. The van der Waals surface area contributed by atoms with Gasteiger partial charge in [0.05, 0.1) is 11.4 Å². The number of fused-ring (bicyclic) bond motifs is 2. The molecule has 3 heterocycles. The lowest BCUT2D eigenvalue weighted by atomic mass is 9.98. The third-order valence-corrected chi connectivity index (χ3v) is 5.62. The molecule has 0 radical (unpaired) electrons. The molecule has 27 heavy (non-hydrogen) atoms. The molecule has 1 fully saturated rings. The number of nitrogens with zero attached hydrogens (tertiary/aromatic N) is 3. The molecule has 6 nitrogen and oxygen atoms in total. The lowest BCUT2D eigenvalue weighted by molar-refractivity contribution is -0.136. The molecule has 1 atom stereocenters. The topological polar surface area (TPSA) is 69.3 Å². The second-order valence-electron chi connectivity index (χ2n) is 7.28. The van der Waals surface area contributed by atoms with E-state index < -0.39 is 0 Å². The van der Waals surface area contributed by atoms with E-state index in [1.165, 1.54) is 11.1 Å². The maximum Gasteiger partial charge on any atom is 0.229 e. The van der Waals surface area contributed by atoms with Crippen molar-refractivity contribution in [2.75, 3.05) is 18.0 Å². The van der Waals surface area contributed by atoms with Gasteiger partial charge in [-0.1, -0.05) is 36.4 Å². The Morgan fingerprint density at radius 2 is 1.85 bits per heavy atom. The van der Waals surface area contributed by atoms with Crippen LogP contribution in [0.5, 0.6) is 0 Å². The van der Waals surface area contributed by atoms with Crippen molar-refractivity contribution < 1.29 is 9.59 Å². The zero-order chi connectivity index (χ0) is 18.4. The van der Waals surface area contributed by atoms with E-state index in [2.05, 4.69) is 22.3 Å². The van der Waals surface area contributed by atoms with E-state index in [-0.39, 0.29) is 24.2 Å². The van der Waals surface area contributed by atoms with E-state index in [4.69, 9.17) is 0 Å². The lowest BCUT2D eigenvalue weighted by Crippen LogP contribution is -2.40. The number of rotatable bonds is 2. The van der Waals surface area contributed by atoms with Crippen LogP contribution in [0.25, 0.3) is 10.9 Å². The van der Waals surface area contributed by atoms with Crippen LogP contribution in [0.3, 0.4) is 0 Å². The number of H-pyrrole nitrogens is 1. The monoisotopic (exact) mass is 360 g/mol. The molecule has 5 rings (SSSR count). The van der Waals surface area contributed by atoms with Gasteiger partial charge in [0.25, 0.3) is 0 Å². The van der Waals surface area contributed by atoms with Crippen LogP contribution in [0.4, 0.5) is 5.82 Å². The minimum atomic E-state index is -0.307. The number of amides is 2. The number of hydrogen-bond donors (Lipinski definition) is 1. The van der Waals surface area contributed by atoms with Gasteiger partial charge in [0.2, 0.25) is 11.8 Å². The number of anilines is 1. The van der Waals surface area contributed by atoms with Crippen LogP contribution in [-0.2, 0) is 22.6 Å². The molecule has 0 bridgehead atoms. The van der Waals surface area contributed by atoms with Crippen LogP contribution in [0.1, 0.15) is 17.5 Å².